The Morgan fingerprint density at radius 3 is 2.73 bits per heavy atom. The number of nitrogens with zero attached hydrogens (tertiary/aromatic N) is 5. The Balaban J connectivity index is 1.29. The van der Waals surface area contributed by atoms with Gasteiger partial charge < -0.3 is 10.0 Å². The normalized spacial score (nSPS) is 24.0. The largest absolute Gasteiger partial charge is 0.391 e. The van der Waals surface area contributed by atoms with E-state index in [2.05, 4.69) is 23.1 Å². The molecule has 2 atom stereocenters. The Morgan fingerprint density at radius 2 is 2.00 bits per heavy atom. The number of hydrogen-bond donors (Lipinski definition) is 1. The lowest BCUT2D eigenvalue weighted by Crippen LogP contribution is -2.49. The van der Waals surface area contributed by atoms with Gasteiger partial charge in [-0.05, 0) is 67.7 Å². The van der Waals surface area contributed by atoms with Crippen molar-refractivity contribution in [2.24, 2.45) is 5.41 Å². The first-order chi connectivity index (χ1) is 17.8. The number of piperidine rings is 1. The lowest BCUT2D eigenvalue weighted by Gasteiger charge is -2.45. The maximum absolute atomic E-state index is 13.8. The molecule has 8 nitrogen and oxygen atoms in total. The van der Waals surface area contributed by atoms with E-state index >= 15 is 0 Å². The minimum Gasteiger partial charge on any atom is -0.391 e. The second kappa shape index (κ2) is 9.04. The summed E-state index contributed by atoms with van der Waals surface area (Å²) in [7, 11) is -3.73. The summed E-state index contributed by atoms with van der Waals surface area (Å²) in [5.74, 6) is 0.289. The summed E-state index contributed by atoms with van der Waals surface area (Å²) in [6.07, 6.45) is 7.92. The summed E-state index contributed by atoms with van der Waals surface area (Å²) in [5, 5.41) is 14.5. The Kier molecular flexibility index (Phi) is 5.93. The lowest BCUT2D eigenvalue weighted by atomic mass is 9.67. The summed E-state index contributed by atoms with van der Waals surface area (Å²) in [4.78, 5) is 6.52. The molecule has 2 aromatic heterocycles. The van der Waals surface area contributed by atoms with Crippen LogP contribution in [0.5, 0.6) is 0 Å². The number of fused-ring (bicyclic) bond motifs is 2. The minimum absolute atomic E-state index is 0.234. The van der Waals surface area contributed by atoms with Gasteiger partial charge in [-0.2, -0.15) is 9.40 Å². The van der Waals surface area contributed by atoms with Crippen LogP contribution in [0, 0.1) is 11.2 Å². The fraction of sp³-hybridized carbons (Fsp3) is 0.407. The average molecular weight is 524 g/mol. The van der Waals surface area contributed by atoms with Crippen molar-refractivity contribution in [1.82, 2.24) is 19.1 Å². The molecule has 0 saturated carbocycles. The number of aliphatic hydroxyl groups excluding tert-OH is 1. The predicted octanol–water partition coefficient (Wildman–Crippen LogP) is 3.41. The van der Waals surface area contributed by atoms with E-state index in [1.54, 1.807) is 28.6 Å². The fourth-order valence-corrected chi connectivity index (χ4v) is 7.46. The van der Waals surface area contributed by atoms with E-state index < -0.39 is 16.1 Å². The molecule has 0 radical (unpaired) electrons. The van der Waals surface area contributed by atoms with E-state index in [1.165, 1.54) is 23.9 Å². The molecule has 1 N–H and O–H groups in total. The zero-order chi connectivity index (χ0) is 25.8. The van der Waals surface area contributed by atoms with Crippen molar-refractivity contribution in [2.75, 3.05) is 31.1 Å². The van der Waals surface area contributed by atoms with Gasteiger partial charge in [-0.25, -0.2) is 22.5 Å². The summed E-state index contributed by atoms with van der Waals surface area (Å²) in [6.45, 7) is 4.03. The first-order valence-corrected chi connectivity index (χ1v) is 14.2. The third-order valence-corrected chi connectivity index (χ3v) is 9.95. The monoisotopic (exact) mass is 523 g/mol. The maximum atomic E-state index is 13.8. The van der Waals surface area contributed by atoms with Crippen LogP contribution >= 0.6 is 0 Å². The number of aromatic nitrogens is 3. The number of anilines is 1. The van der Waals surface area contributed by atoms with Crippen molar-refractivity contribution < 1.29 is 17.9 Å². The molecule has 0 amide bonds. The summed E-state index contributed by atoms with van der Waals surface area (Å²) in [5.41, 5.74) is 3.77. The number of β-amino-alcohol motifs (C(OH)–C–C–N with tert-alkyl or cyclic N) is 1. The molecular formula is C27H30FN5O3S. The molecule has 0 spiro atoms. The molecule has 6 rings (SSSR count). The molecule has 2 saturated heterocycles. The second-order valence-corrected chi connectivity index (χ2v) is 12.2. The topological polar surface area (TPSA) is 91.6 Å². The zero-order valence-electron chi connectivity index (χ0n) is 20.7. The molecule has 10 heteroatoms. The highest BCUT2D eigenvalue weighted by Gasteiger charge is 2.45. The van der Waals surface area contributed by atoms with Crippen LogP contribution in [-0.2, 0) is 16.4 Å². The Bertz CT molecular complexity index is 1470. The Hall–Kier alpha value is -3.08. The minimum atomic E-state index is -3.73. The van der Waals surface area contributed by atoms with Gasteiger partial charge >= 0.3 is 0 Å². The predicted molar refractivity (Wildman–Crippen MR) is 138 cm³/mol. The summed E-state index contributed by atoms with van der Waals surface area (Å²) < 4.78 is 44.4. The number of pyridine rings is 1. The Morgan fingerprint density at radius 1 is 1.19 bits per heavy atom. The average Bonchev–Trinajstić information content (AvgIpc) is 3.53. The Labute approximate surface area is 216 Å². The fourth-order valence-electron chi connectivity index (χ4n) is 5.92. The van der Waals surface area contributed by atoms with Gasteiger partial charge in [-0.1, -0.05) is 12.5 Å². The molecule has 37 heavy (non-hydrogen) atoms. The van der Waals surface area contributed by atoms with Crippen LogP contribution in [-0.4, -0.2) is 64.9 Å². The smallest absolute Gasteiger partial charge is 0.243 e. The van der Waals surface area contributed by atoms with Crippen molar-refractivity contribution >= 4 is 21.9 Å². The van der Waals surface area contributed by atoms with Gasteiger partial charge in [0.2, 0.25) is 10.0 Å². The number of rotatable bonds is 5. The van der Waals surface area contributed by atoms with Crippen LogP contribution < -0.4 is 4.90 Å². The quantitative estimate of drug-likeness (QED) is 0.551. The van der Waals surface area contributed by atoms with Crippen LogP contribution in [0.15, 0.2) is 59.3 Å². The molecule has 194 valence electrons. The van der Waals surface area contributed by atoms with Gasteiger partial charge in [-0.3, -0.25) is 0 Å². The third-order valence-electron chi connectivity index (χ3n) is 8.11. The van der Waals surface area contributed by atoms with E-state index in [0.29, 0.717) is 51.3 Å². The highest BCUT2D eigenvalue weighted by Crippen LogP contribution is 2.47. The van der Waals surface area contributed by atoms with Crippen LogP contribution in [0.1, 0.15) is 37.4 Å². The van der Waals surface area contributed by atoms with Crippen molar-refractivity contribution in [2.45, 2.75) is 43.6 Å². The molecule has 3 aliphatic rings. The summed E-state index contributed by atoms with van der Waals surface area (Å²) >= 11 is 0. The molecule has 2 fully saturated rings. The number of sulfonamides is 1. The van der Waals surface area contributed by atoms with Crippen LogP contribution in [0.2, 0.25) is 0 Å². The molecular weight excluding hydrogens is 493 g/mol. The molecule has 3 aromatic rings. The number of halogens is 1. The number of benzene rings is 1. The van der Waals surface area contributed by atoms with E-state index in [4.69, 9.17) is 0 Å². The molecule has 2 aliphatic heterocycles. The van der Waals surface area contributed by atoms with E-state index in [9.17, 15) is 17.9 Å². The summed E-state index contributed by atoms with van der Waals surface area (Å²) in [6, 6.07) is 9.46. The van der Waals surface area contributed by atoms with Crippen LogP contribution in [0.4, 0.5) is 10.2 Å². The molecule has 1 aromatic carbocycles. The van der Waals surface area contributed by atoms with Crippen molar-refractivity contribution in [3.8, 4) is 5.69 Å². The lowest BCUT2D eigenvalue weighted by molar-refractivity contribution is 0.198. The highest BCUT2D eigenvalue weighted by atomic mass is 32.2. The van der Waals surface area contributed by atoms with Crippen LogP contribution in [0.3, 0.4) is 0 Å². The highest BCUT2D eigenvalue weighted by molar-refractivity contribution is 7.89. The molecule has 1 aliphatic carbocycles. The van der Waals surface area contributed by atoms with Gasteiger partial charge in [0, 0.05) is 43.9 Å². The first kappa shape index (κ1) is 24.3. The van der Waals surface area contributed by atoms with Crippen LogP contribution in [0.25, 0.3) is 11.8 Å². The standard InChI is InChI=1S/C27H30FN5O3S/c1-2-27-15-19-16-30-33(22-5-3-21(28)4-6-22)25(19)13-20(27)8-12-32(18-27)37(35,36)24-7-10-29-26(14-24)31-11-9-23(34)17-31/h3-7,10,13-14,16,23,34H,2,8-9,11-12,15,17-18H2,1H3/t23-,27-/m1/s1. The zero-order valence-corrected chi connectivity index (χ0v) is 21.5. The number of hydrogen-bond acceptors (Lipinski definition) is 6. The SMILES string of the molecule is CC[C@]12Cc3cnn(-c4ccc(F)cc4)c3C=C1CCN(S(=O)(=O)c1ccnc(N3CC[C@@H](O)C3)c1)C2. The van der Waals surface area contributed by atoms with Crippen molar-refractivity contribution in [1.29, 1.82) is 0 Å². The van der Waals surface area contributed by atoms with E-state index in [-0.39, 0.29) is 16.1 Å². The van der Waals surface area contributed by atoms with Crippen molar-refractivity contribution in [3.05, 3.63) is 71.4 Å². The van der Waals surface area contributed by atoms with Gasteiger partial charge in [-0.15, -0.1) is 0 Å². The molecule has 4 heterocycles. The molecule has 0 bridgehead atoms. The van der Waals surface area contributed by atoms with Gasteiger partial charge in [0.05, 0.1) is 28.6 Å². The maximum Gasteiger partial charge on any atom is 0.243 e. The van der Waals surface area contributed by atoms with Gasteiger partial charge in [0.25, 0.3) is 0 Å². The molecule has 0 unspecified atom stereocenters. The van der Waals surface area contributed by atoms with E-state index in [0.717, 1.165) is 23.4 Å². The van der Waals surface area contributed by atoms with E-state index in [1.807, 2.05) is 15.8 Å². The van der Waals surface area contributed by atoms with Crippen molar-refractivity contribution in [3.63, 3.8) is 0 Å². The second-order valence-electron chi connectivity index (χ2n) is 10.3. The van der Waals surface area contributed by atoms with Gasteiger partial charge in [0.1, 0.15) is 11.6 Å². The van der Waals surface area contributed by atoms with Gasteiger partial charge in [0.15, 0.2) is 0 Å². The number of aliphatic hydroxyl groups is 1. The third kappa shape index (κ3) is 4.17. The first-order valence-electron chi connectivity index (χ1n) is 12.7.